The van der Waals surface area contributed by atoms with E-state index in [0.29, 0.717) is 12.8 Å². The number of nitrogens with one attached hydrogen (secondary N) is 1. The third kappa shape index (κ3) is 3.68. The molecule has 1 N–H and O–H groups in total. The molecule has 3 aliphatic rings. The van der Waals surface area contributed by atoms with E-state index >= 15 is 0 Å². The van der Waals surface area contributed by atoms with Crippen molar-refractivity contribution in [1.82, 2.24) is 9.80 Å². The Morgan fingerprint density at radius 3 is 2.15 bits per heavy atom. The lowest BCUT2D eigenvalue weighted by molar-refractivity contribution is -0.143. The predicted molar refractivity (Wildman–Crippen MR) is 107 cm³/mol. The van der Waals surface area contributed by atoms with Crippen LogP contribution in [0, 0.1) is 5.41 Å². The summed E-state index contributed by atoms with van der Waals surface area (Å²) in [4.78, 5) is 32.4. The van der Waals surface area contributed by atoms with E-state index in [1.54, 1.807) is 0 Å². The van der Waals surface area contributed by atoms with Gasteiger partial charge in [0.25, 0.3) is 0 Å². The molecule has 6 nitrogen and oxygen atoms in total. The maximum atomic E-state index is 13.0. The fraction of sp³-hybridized carbons (Fsp3) is 0.619. The lowest BCUT2D eigenvalue weighted by Crippen LogP contribution is -2.52. The number of amides is 2. The van der Waals surface area contributed by atoms with Crippen LogP contribution in [0.1, 0.15) is 32.6 Å². The minimum absolute atomic E-state index is 0.0180. The monoisotopic (exact) mass is 370 g/mol. The maximum Gasteiger partial charge on any atom is 0.240 e. The first-order chi connectivity index (χ1) is 13.1. The molecule has 1 aliphatic carbocycles. The summed E-state index contributed by atoms with van der Waals surface area (Å²) in [6.07, 6.45) is 3.82. The Morgan fingerprint density at radius 2 is 1.59 bits per heavy atom. The van der Waals surface area contributed by atoms with Gasteiger partial charge < -0.3 is 20.0 Å². The Balaban J connectivity index is 1.36. The number of anilines is 2. The summed E-state index contributed by atoms with van der Waals surface area (Å²) in [5, 5.41) is 2.99. The van der Waals surface area contributed by atoms with Gasteiger partial charge in [0.2, 0.25) is 11.8 Å². The Hall–Kier alpha value is -2.08. The number of hydrogen-bond donors (Lipinski definition) is 1. The summed E-state index contributed by atoms with van der Waals surface area (Å²) < 4.78 is 0. The molecule has 1 aromatic carbocycles. The van der Waals surface area contributed by atoms with E-state index < -0.39 is 5.41 Å². The molecule has 0 radical (unpaired) electrons. The van der Waals surface area contributed by atoms with Crippen molar-refractivity contribution >= 4 is 23.2 Å². The van der Waals surface area contributed by atoms with E-state index in [1.165, 1.54) is 18.5 Å². The van der Waals surface area contributed by atoms with Crippen LogP contribution in [0.5, 0.6) is 0 Å². The molecule has 2 aliphatic heterocycles. The average molecular weight is 370 g/mol. The predicted octanol–water partition coefficient (Wildman–Crippen LogP) is 2.17. The van der Waals surface area contributed by atoms with Crippen LogP contribution in [0.4, 0.5) is 11.4 Å². The Labute approximate surface area is 161 Å². The molecule has 0 spiro atoms. The van der Waals surface area contributed by atoms with E-state index in [9.17, 15) is 9.59 Å². The lowest BCUT2D eigenvalue weighted by Gasteiger charge is -2.35. The largest absolute Gasteiger partial charge is 0.372 e. The highest BCUT2D eigenvalue weighted by Crippen LogP contribution is 2.48. The summed E-state index contributed by atoms with van der Waals surface area (Å²) in [7, 11) is 0. The van der Waals surface area contributed by atoms with Crippen molar-refractivity contribution < 1.29 is 9.59 Å². The summed E-state index contributed by atoms with van der Waals surface area (Å²) in [5.74, 6) is -0.121. The van der Waals surface area contributed by atoms with Crippen LogP contribution in [0.25, 0.3) is 0 Å². The van der Waals surface area contributed by atoms with E-state index in [0.717, 1.165) is 51.5 Å². The fourth-order valence-electron chi connectivity index (χ4n) is 4.21. The van der Waals surface area contributed by atoms with Crippen molar-refractivity contribution in [3.8, 4) is 0 Å². The normalized spacial score (nSPS) is 22.0. The molecule has 1 aromatic rings. The van der Waals surface area contributed by atoms with Gasteiger partial charge >= 0.3 is 0 Å². The van der Waals surface area contributed by atoms with Gasteiger partial charge in [-0.25, -0.2) is 0 Å². The SMILES string of the molecule is CCN1CCN(C(=O)C2(C(=O)Nc3ccc(N4CCCC4)cc3)CC2)CC1. The molecule has 3 fully saturated rings. The Morgan fingerprint density at radius 1 is 0.963 bits per heavy atom. The van der Waals surface area contributed by atoms with Crippen LogP contribution in [-0.2, 0) is 9.59 Å². The van der Waals surface area contributed by atoms with E-state index in [2.05, 4.69) is 34.2 Å². The Kier molecular flexibility index (Phi) is 5.08. The van der Waals surface area contributed by atoms with Crippen molar-refractivity contribution in [1.29, 1.82) is 0 Å². The van der Waals surface area contributed by atoms with Crippen LogP contribution in [0.15, 0.2) is 24.3 Å². The van der Waals surface area contributed by atoms with Gasteiger partial charge in [-0.2, -0.15) is 0 Å². The molecule has 0 bridgehead atoms. The Bertz CT molecular complexity index is 685. The molecule has 27 heavy (non-hydrogen) atoms. The number of nitrogens with zero attached hydrogens (tertiary/aromatic N) is 3. The van der Waals surface area contributed by atoms with Crippen LogP contribution < -0.4 is 10.2 Å². The van der Waals surface area contributed by atoms with Crippen LogP contribution in [-0.4, -0.2) is 67.4 Å². The zero-order chi connectivity index (χ0) is 18.9. The number of benzene rings is 1. The molecule has 4 rings (SSSR count). The smallest absolute Gasteiger partial charge is 0.240 e. The van der Waals surface area contributed by atoms with Gasteiger partial charge in [0.05, 0.1) is 0 Å². The van der Waals surface area contributed by atoms with Gasteiger partial charge in [-0.3, -0.25) is 9.59 Å². The molecule has 0 atom stereocenters. The third-order valence-electron chi connectivity index (χ3n) is 6.30. The summed E-state index contributed by atoms with van der Waals surface area (Å²) in [6, 6.07) is 8.02. The number of piperazine rings is 1. The molecule has 146 valence electrons. The lowest BCUT2D eigenvalue weighted by atomic mass is 10.0. The second kappa shape index (κ2) is 7.50. The molecule has 2 amide bonds. The van der Waals surface area contributed by atoms with Crippen molar-refractivity contribution in [3.63, 3.8) is 0 Å². The fourth-order valence-corrected chi connectivity index (χ4v) is 4.21. The molecule has 0 aromatic heterocycles. The van der Waals surface area contributed by atoms with Gasteiger partial charge in [0, 0.05) is 50.6 Å². The van der Waals surface area contributed by atoms with Crippen LogP contribution in [0.2, 0.25) is 0 Å². The number of carbonyl (C=O) groups excluding carboxylic acids is 2. The standard InChI is InChI=1S/C21H30N4O2/c1-2-23-13-15-25(16-14-23)20(27)21(9-10-21)19(26)22-17-5-7-18(8-6-17)24-11-3-4-12-24/h5-8H,2-4,9-16H2,1H3,(H,22,26). The minimum Gasteiger partial charge on any atom is -0.372 e. The first kappa shape index (κ1) is 18.3. The third-order valence-corrected chi connectivity index (χ3v) is 6.30. The van der Waals surface area contributed by atoms with E-state index in [1.807, 2.05) is 17.0 Å². The highest BCUT2D eigenvalue weighted by atomic mass is 16.2. The van der Waals surface area contributed by atoms with Crippen molar-refractivity contribution in [2.45, 2.75) is 32.6 Å². The van der Waals surface area contributed by atoms with Gasteiger partial charge in [0.15, 0.2) is 0 Å². The zero-order valence-corrected chi connectivity index (χ0v) is 16.2. The highest BCUT2D eigenvalue weighted by molar-refractivity contribution is 6.13. The van der Waals surface area contributed by atoms with E-state index in [4.69, 9.17) is 0 Å². The highest BCUT2D eigenvalue weighted by Gasteiger charge is 2.58. The molecule has 1 saturated carbocycles. The number of likely N-dealkylation sites (N-methyl/N-ethyl adjacent to an activating group) is 1. The molecular weight excluding hydrogens is 340 g/mol. The molecule has 2 saturated heterocycles. The molecule has 0 unspecified atom stereocenters. The average Bonchev–Trinajstić information content (AvgIpc) is 3.35. The van der Waals surface area contributed by atoms with E-state index in [-0.39, 0.29) is 11.8 Å². The van der Waals surface area contributed by atoms with Crippen molar-refractivity contribution in [2.24, 2.45) is 5.41 Å². The summed E-state index contributed by atoms with van der Waals surface area (Å²) in [6.45, 7) is 8.63. The first-order valence-electron chi connectivity index (χ1n) is 10.3. The van der Waals surface area contributed by atoms with Crippen molar-refractivity contribution in [2.75, 3.05) is 56.0 Å². The second-order valence-electron chi connectivity index (χ2n) is 8.00. The van der Waals surface area contributed by atoms with Gasteiger partial charge in [-0.15, -0.1) is 0 Å². The molecular formula is C21H30N4O2. The van der Waals surface area contributed by atoms with Crippen molar-refractivity contribution in [3.05, 3.63) is 24.3 Å². The summed E-state index contributed by atoms with van der Waals surface area (Å²) >= 11 is 0. The quantitative estimate of drug-likeness (QED) is 0.807. The first-order valence-corrected chi connectivity index (χ1v) is 10.3. The van der Waals surface area contributed by atoms with Crippen LogP contribution in [0.3, 0.4) is 0 Å². The number of hydrogen-bond acceptors (Lipinski definition) is 4. The number of rotatable bonds is 5. The van der Waals surface area contributed by atoms with Gasteiger partial charge in [-0.1, -0.05) is 6.92 Å². The van der Waals surface area contributed by atoms with Crippen LogP contribution >= 0.6 is 0 Å². The minimum atomic E-state index is -0.831. The molecule has 2 heterocycles. The molecule has 6 heteroatoms. The van der Waals surface area contributed by atoms with Gasteiger partial charge in [0.1, 0.15) is 5.41 Å². The number of carbonyl (C=O) groups is 2. The van der Waals surface area contributed by atoms with Gasteiger partial charge in [-0.05, 0) is 56.5 Å². The maximum absolute atomic E-state index is 13.0. The topological polar surface area (TPSA) is 55.9 Å². The second-order valence-corrected chi connectivity index (χ2v) is 8.00. The zero-order valence-electron chi connectivity index (χ0n) is 16.2. The summed E-state index contributed by atoms with van der Waals surface area (Å²) in [5.41, 5.74) is 1.15.